The minimum atomic E-state index is -3.46. The first-order valence-corrected chi connectivity index (χ1v) is 10.9. The average molecular weight is 413 g/mol. The third-order valence-electron chi connectivity index (χ3n) is 3.56. The summed E-state index contributed by atoms with van der Waals surface area (Å²) in [6, 6.07) is 9.51. The topological polar surface area (TPSA) is 75.2 Å². The Balaban J connectivity index is 1.53. The van der Waals surface area contributed by atoms with Crippen LogP contribution in [0.5, 0.6) is 0 Å². The van der Waals surface area contributed by atoms with Crippen molar-refractivity contribution in [3.05, 3.63) is 59.0 Å². The Morgan fingerprint density at radius 2 is 2.00 bits per heavy atom. The number of thiophene rings is 1. The van der Waals surface area contributed by atoms with E-state index in [-0.39, 0.29) is 12.4 Å². The first-order valence-electron chi connectivity index (χ1n) is 7.75. The van der Waals surface area contributed by atoms with Gasteiger partial charge in [-0.1, -0.05) is 18.2 Å². The number of rotatable bonds is 8. The van der Waals surface area contributed by atoms with E-state index in [1.165, 1.54) is 35.0 Å². The molecule has 26 heavy (non-hydrogen) atoms. The molecular weight excluding hydrogens is 395 g/mol. The number of anilines is 1. The Morgan fingerprint density at radius 3 is 2.69 bits per heavy atom. The quantitative estimate of drug-likeness (QED) is 0.616. The molecule has 0 aliphatic rings. The van der Waals surface area contributed by atoms with Gasteiger partial charge in [-0.2, -0.15) is 4.37 Å². The van der Waals surface area contributed by atoms with Crippen LogP contribution in [-0.2, 0) is 16.4 Å². The molecule has 10 heteroatoms. The molecule has 2 heterocycles. The van der Waals surface area contributed by atoms with E-state index in [0.717, 1.165) is 5.56 Å². The van der Waals surface area contributed by atoms with E-state index in [4.69, 9.17) is 0 Å². The number of sulfonamides is 1. The molecule has 3 rings (SSSR count). The van der Waals surface area contributed by atoms with Gasteiger partial charge in [0, 0.05) is 38.1 Å². The lowest BCUT2D eigenvalue weighted by Crippen LogP contribution is -2.32. The Bertz CT molecular complexity index is 940. The van der Waals surface area contributed by atoms with E-state index in [1.807, 2.05) is 11.9 Å². The summed E-state index contributed by atoms with van der Waals surface area (Å²) in [7, 11) is -1.62. The third kappa shape index (κ3) is 4.85. The van der Waals surface area contributed by atoms with E-state index in [0.29, 0.717) is 28.1 Å². The van der Waals surface area contributed by atoms with Crippen molar-refractivity contribution in [2.75, 3.05) is 25.0 Å². The molecule has 0 atom stereocenters. The number of nitrogens with zero attached hydrogens (tertiary/aromatic N) is 3. The molecular formula is C16H17FN4O2S3. The van der Waals surface area contributed by atoms with Crippen molar-refractivity contribution in [2.24, 2.45) is 0 Å². The fourth-order valence-electron chi connectivity index (χ4n) is 2.19. The first-order chi connectivity index (χ1) is 12.4. The lowest BCUT2D eigenvalue weighted by molar-refractivity contribution is 0.583. The fourth-order valence-corrected chi connectivity index (χ4v) is 4.92. The zero-order valence-electron chi connectivity index (χ0n) is 13.9. The number of benzene rings is 1. The monoisotopic (exact) mass is 412 g/mol. The maximum absolute atomic E-state index is 12.9. The molecule has 3 aromatic rings. The van der Waals surface area contributed by atoms with Gasteiger partial charge < -0.3 is 4.90 Å². The van der Waals surface area contributed by atoms with Crippen molar-refractivity contribution in [2.45, 2.75) is 10.6 Å². The van der Waals surface area contributed by atoms with Gasteiger partial charge in [-0.05, 0) is 29.1 Å². The van der Waals surface area contributed by atoms with Crippen LogP contribution in [0.4, 0.5) is 9.52 Å². The van der Waals surface area contributed by atoms with Crippen molar-refractivity contribution < 1.29 is 12.8 Å². The summed E-state index contributed by atoms with van der Waals surface area (Å²) in [6.07, 6.45) is 0.523. The maximum atomic E-state index is 12.9. The zero-order chi connectivity index (χ0) is 18.6. The van der Waals surface area contributed by atoms with Crippen LogP contribution in [0.2, 0.25) is 0 Å². The lowest BCUT2D eigenvalue weighted by Gasteiger charge is -2.15. The van der Waals surface area contributed by atoms with E-state index in [9.17, 15) is 12.8 Å². The van der Waals surface area contributed by atoms with Crippen molar-refractivity contribution in [1.82, 2.24) is 14.1 Å². The van der Waals surface area contributed by atoms with Crippen LogP contribution in [0, 0.1) is 5.82 Å². The van der Waals surface area contributed by atoms with Crippen molar-refractivity contribution in [3.8, 4) is 0 Å². The highest BCUT2D eigenvalue weighted by atomic mass is 32.2. The molecule has 0 saturated carbocycles. The van der Waals surface area contributed by atoms with E-state index in [1.54, 1.807) is 29.6 Å². The predicted molar refractivity (Wildman–Crippen MR) is 102 cm³/mol. The summed E-state index contributed by atoms with van der Waals surface area (Å²) >= 11 is 2.43. The van der Waals surface area contributed by atoms with Gasteiger partial charge in [-0.25, -0.2) is 22.5 Å². The molecule has 0 radical (unpaired) electrons. The second-order valence-corrected chi connectivity index (χ2v) is 9.22. The summed E-state index contributed by atoms with van der Waals surface area (Å²) in [5.74, 6) is 0.382. The van der Waals surface area contributed by atoms with Gasteiger partial charge in [0.15, 0.2) is 0 Å². The second kappa shape index (κ2) is 8.21. The molecule has 0 aliphatic carbocycles. The molecule has 0 aliphatic heterocycles. The highest BCUT2D eigenvalue weighted by molar-refractivity contribution is 7.91. The molecule has 1 N–H and O–H groups in total. The van der Waals surface area contributed by atoms with Gasteiger partial charge in [0.1, 0.15) is 15.9 Å². The molecule has 138 valence electrons. The molecule has 0 amide bonds. The molecule has 0 unspecified atom stereocenters. The third-order valence-corrected chi connectivity index (χ3v) is 7.29. The molecule has 0 fully saturated rings. The number of halogens is 1. The molecule has 0 spiro atoms. The Kier molecular flexibility index (Phi) is 5.97. The normalized spacial score (nSPS) is 11.6. The largest absolute Gasteiger partial charge is 0.349 e. The number of hydrogen-bond donors (Lipinski definition) is 1. The van der Waals surface area contributed by atoms with Crippen molar-refractivity contribution in [3.63, 3.8) is 0 Å². The highest BCUT2D eigenvalue weighted by Gasteiger charge is 2.15. The van der Waals surface area contributed by atoms with Gasteiger partial charge in [0.25, 0.3) is 0 Å². The van der Waals surface area contributed by atoms with Crippen LogP contribution >= 0.6 is 22.9 Å². The van der Waals surface area contributed by atoms with Crippen LogP contribution in [0.15, 0.2) is 46.0 Å². The number of nitrogens with one attached hydrogen (secondary N) is 1. The molecule has 0 bridgehead atoms. The van der Waals surface area contributed by atoms with Gasteiger partial charge in [-0.3, -0.25) is 0 Å². The summed E-state index contributed by atoms with van der Waals surface area (Å²) < 4.78 is 44.3. The van der Waals surface area contributed by atoms with Crippen LogP contribution in [-0.4, -0.2) is 37.9 Å². The van der Waals surface area contributed by atoms with Gasteiger partial charge in [0.05, 0.1) is 0 Å². The molecule has 0 saturated heterocycles. The number of aromatic nitrogens is 2. The van der Waals surface area contributed by atoms with Gasteiger partial charge in [-0.15, -0.1) is 11.3 Å². The van der Waals surface area contributed by atoms with Crippen molar-refractivity contribution >= 4 is 38.0 Å². The van der Waals surface area contributed by atoms with E-state index < -0.39 is 10.0 Å². The van der Waals surface area contributed by atoms with Crippen molar-refractivity contribution in [1.29, 1.82) is 0 Å². The Labute approximate surface area is 159 Å². The van der Waals surface area contributed by atoms with Gasteiger partial charge in [0.2, 0.25) is 15.2 Å². The first kappa shape index (κ1) is 18.9. The number of hydrogen-bond acceptors (Lipinski definition) is 7. The standard InChI is InChI=1S/C16H17FN4O2S3/c1-21(9-8-18-26(22,23)15-3-2-10-24-15)16-19-14(20-25-16)11-12-4-6-13(17)7-5-12/h2-7,10,18H,8-9,11H2,1H3. The van der Waals surface area contributed by atoms with Gasteiger partial charge >= 0.3 is 0 Å². The lowest BCUT2D eigenvalue weighted by atomic mass is 10.1. The zero-order valence-corrected chi connectivity index (χ0v) is 16.4. The average Bonchev–Trinajstić information content (AvgIpc) is 3.29. The summed E-state index contributed by atoms with van der Waals surface area (Å²) in [5.41, 5.74) is 0.933. The van der Waals surface area contributed by atoms with E-state index >= 15 is 0 Å². The van der Waals surface area contributed by atoms with Crippen LogP contribution in [0.25, 0.3) is 0 Å². The Hall–Kier alpha value is -1.88. The minimum Gasteiger partial charge on any atom is -0.349 e. The minimum absolute atomic E-state index is 0.267. The number of likely N-dealkylation sites (N-methyl/N-ethyl adjacent to an activating group) is 1. The predicted octanol–water partition coefficient (Wildman–Crippen LogP) is 2.74. The molecule has 1 aromatic carbocycles. The molecule has 2 aromatic heterocycles. The summed E-state index contributed by atoms with van der Waals surface area (Å²) in [6.45, 7) is 0.736. The fraction of sp³-hybridized carbons (Fsp3) is 0.250. The van der Waals surface area contributed by atoms with E-state index in [2.05, 4.69) is 14.1 Å². The van der Waals surface area contributed by atoms with Crippen LogP contribution in [0.3, 0.4) is 0 Å². The summed E-state index contributed by atoms with van der Waals surface area (Å²) in [5, 5.41) is 2.43. The summed E-state index contributed by atoms with van der Waals surface area (Å²) in [4.78, 5) is 6.31. The molecule has 6 nitrogen and oxygen atoms in total. The highest BCUT2D eigenvalue weighted by Crippen LogP contribution is 2.18. The smallest absolute Gasteiger partial charge is 0.250 e. The second-order valence-electron chi connectivity index (χ2n) is 5.55. The SMILES string of the molecule is CN(CCNS(=O)(=O)c1cccs1)c1nc(Cc2ccc(F)cc2)ns1. The Morgan fingerprint density at radius 1 is 1.23 bits per heavy atom. The van der Waals surface area contributed by atoms with Crippen LogP contribution < -0.4 is 9.62 Å². The van der Waals surface area contributed by atoms with Crippen LogP contribution in [0.1, 0.15) is 11.4 Å². The maximum Gasteiger partial charge on any atom is 0.250 e.